The van der Waals surface area contributed by atoms with E-state index in [4.69, 9.17) is 0 Å². The molecule has 28 heavy (non-hydrogen) atoms. The van der Waals surface area contributed by atoms with Gasteiger partial charge in [-0.15, -0.1) is 0 Å². The normalized spacial score (nSPS) is 14.9. The molecular weight excluding hydrogens is 350 g/mol. The van der Waals surface area contributed by atoms with Crippen molar-refractivity contribution in [3.63, 3.8) is 0 Å². The monoisotopic (exact) mass is 375 g/mol. The maximum atomic E-state index is 12.5. The second-order valence-electron chi connectivity index (χ2n) is 7.17. The molecule has 0 spiro atoms. The zero-order chi connectivity index (χ0) is 19.2. The van der Waals surface area contributed by atoms with Crippen LogP contribution in [0.15, 0.2) is 67.0 Å². The Bertz CT molecular complexity index is 886. The summed E-state index contributed by atoms with van der Waals surface area (Å²) in [5, 5.41) is 7.75. The lowest BCUT2D eigenvalue weighted by Crippen LogP contribution is -2.40. The highest BCUT2D eigenvalue weighted by Gasteiger charge is 2.23. The molecule has 1 aromatic carbocycles. The lowest BCUT2D eigenvalue weighted by molar-refractivity contribution is 0.0690. The van der Waals surface area contributed by atoms with Gasteiger partial charge in [0.15, 0.2) is 5.82 Å². The molecule has 3 heterocycles. The van der Waals surface area contributed by atoms with E-state index in [0.717, 1.165) is 56.1 Å². The van der Waals surface area contributed by atoms with E-state index in [1.165, 1.54) is 0 Å². The molecule has 6 nitrogen and oxygen atoms in total. The van der Waals surface area contributed by atoms with Crippen LogP contribution in [-0.2, 0) is 6.54 Å². The zero-order valence-electron chi connectivity index (χ0n) is 15.9. The molecule has 2 aromatic heterocycles. The first-order chi connectivity index (χ1) is 13.8. The number of amides is 1. The highest BCUT2D eigenvalue weighted by atomic mass is 16.2. The number of benzene rings is 1. The van der Waals surface area contributed by atoms with Crippen molar-refractivity contribution in [2.75, 3.05) is 19.6 Å². The molecule has 0 atom stereocenters. The number of carbonyl (C=O) groups excluding carboxylic acids is 1. The summed E-state index contributed by atoms with van der Waals surface area (Å²) in [4.78, 5) is 19.2. The molecular formula is C22H25N5O. The third-order valence-corrected chi connectivity index (χ3v) is 5.19. The first-order valence-corrected chi connectivity index (χ1v) is 9.80. The first-order valence-electron chi connectivity index (χ1n) is 9.80. The Morgan fingerprint density at radius 3 is 2.61 bits per heavy atom. The summed E-state index contributed by atoms with van der Waals surface area (Å²) in [7, 11) is 0. The van der Waals surface area contributed by atoms with Gasteiger partial charge >= 0.3 is 0 Å². The van der Waals surface area contributed by atoms with Crippen LogP contribution in [0.4, 0.5) is 0 Å². The van der Waals surface area contributed by atoms with Crippen LogP contribution in [-0.4, -0.2) is 45.2 Å². The minimum atomic E-state index is 0.145. The van der Waals surface area contributed by atoms with Crippen LogP contribution in [0.3, 0.4) is 0 Å². The fraction of sp³-hybridized carbons (Fsp3) is 0.318. The van der Waals surface area contributed by atoms with Gasteiger partial charge in [-0.25, -0.2) is 9.67 Å². The molecule has 144 valence electrons. The van der Waals surface area contributed by atoms with E-state index in [1.807, 2.05) is 65.7 Å². The molecule has 1 amide bonds. The van der Waals surface area contributed by atoms with Gasteiger partial charge in [0.2, 0.25) is 0 Å². The Morgan fingerprint density at radius 2 is 1.86 bits per heavy atom. The maximum Gasteiger partial charge on any atom is 0.253 e. The van der Waals surface area contributed by atoms with Crippen molar-refractivity contribution in [2.24, 2.45) is 5.92 Å². The van der Waals surface area contributed by atoms with Crippen molar-refractivity contribution in [1.29, 1.82) is 0 Å². The summed E-state index contributed by atoms with van der Waals surface area (Å²) < 4.78 is 1.77. The maximum absolute atomic E-state index is 12.5. The Morgan fingerprint density at radius 1 is 1.04 bits per heavy atom. The van der Waals surface area contributed by atoms with Gasteiger partial charge in [-0.05, 0) is 55.6 Å². The van der Waals surface area contributed by atoms with Gasteiger partial charge in [0, 0.05) is 37.6 Å². The number of hydrogen-bond acceptors (Lipinski definition) is 4. The minimum absolute atomic E-state index is 0.145. The molecule has 4 rings (SSSR count). The number of nitrogens with zero attached hydrogens (tertiary/aromatic N) is 4. The number of nitrogens with one attached hydrogen (secondary N) is 1. The molecule has 0 unspecified atom stereocenters. The third-order valence-electron chi connectivity index (χ3n) is 5.19. The van der Waals surface area contributed by atoms with Crippen LogP contribution in [0, 0.1) is 5.92 Å². The molecule has 1 aliphatic rings. The second kappa shape index (κ2) is 8.80. The lowest BCUT2D eigenvalue weighted by atomic mass is 9.96. The predicted octanol–water partition coefficient (Wildman–Crippen LogP) is 2.91. The van der Waals surface area contributed by atoms with Crippen LogP contribution < -0.4 is 5.32 Å². The van der Waals surface area contributed by atoms with Crippen LogP contribution in [0.25, 0.3) is 5.82 Å². The van der Waals surface area contributed by atoms with E-state index in [9.17, 15) is 4.79 Å². The minimum Gasteiger partial charge on any atom is -0.339 e. The molecule has 0 saturated carbocycles. The topological polar surface area (TPSA) is 63.1 Å². The average Bonchev–Trinajstić information content (AvgIpc) is 3.30. The summed E-state index contributed by atoms with van der Waals surface area (Å²) in [6.07, 6.45) is 5.71. The van der Waals surface area contributed by atoms with Gasteiger partial charge in [-0.2, -0.15) is 5.10 Å². The predicted molar refractivity (Wildman–Crippen MR) is 108 cm³/mol. The molecule has 0 bridgehead atoms. The van der Waals surface area contributed by atoms with E-state index in [1.54, 1.807) is 10.9 Å². The summed E-state index contributed by atoms with van der Waals surface area (Å²) in [6.45, 7) is 3.33. The first kappa shape index (κ1) is 18.4. The van der Waals surface area contributed by atoms with Gasteiger partial charge in [-0.3, -0.25) is 4.79 Å². The number of pyridine rings is 1. The number of carbonyl (C=O) groups is 1. The fourth-order valence-corrected chi connectivity index (χ4v) is 3.61. The Balaban J connectivity index is 1.23. The smallest absolute Gasteiger partial charge is 0.253 e. The van der Waals surface area contributed by atoms with E-state index in [2.05, 4.69) is 15.4 Å². The SMILES string of the molecule is O=C(c1ccccc1)N1CCC(CNCc2cccc(-n3cccn3)n2)CC1. The van der Waals surface area contributed by atoms with Crippen LogP contribution >= 0.6 is 0 Å². The molecule has 1 saturated heterocycles. The van der Waals surface area contributed by atoms with Crippen molar-refractivity contribution in [3.05, 3.63) is 78.2 Å². The lowest BCUT2D eigenvalue weighted by Gasteiger charge is -2.32. The van der Waals surface area contributed by atoms with Crippen LogP contribution in [0.5, 0.6) is 0 Å². The van der Waals surface area contributed by atoms with Gasteiger partial charge in [0.25, 0.3) is 5.91 Å². The van der Waals surface area contributed by atoms with E-state index < -0.39 is 0 Å². The summed E-state index contributed by atoms with van der Waals surface area (Å²) in [6, 6.07) is 17.4. The zero-order valence-corrected chi connectivity index (χ0v) is 15.9. The summed E-state index contributed by atoms with van der Waals surface area (Å²) >= 11 is 0. The molecule has 1 aliphatic heterocycles. The third kappa shape index (κ3) is 4.46. The van der Waals surface area contributed by atoms with E-state index in [-0.39, 0.29) is 5.91 Å². The Labute approximate surface area is 165 Å². The average molecular weight is 375 g/mol. The van der Waals surface area contributed by atoms with Crippen molar-refractivity contribution in [1.82, 2.24) is 25.0 Å². The number of piperidine rings is 1. The van der Waals surface area contributed by atoms with Gasteiger partial charge in [0.05, 0.1) is 5.69 Å². The van der Waals surface area contributed by atoms with Gasteiger partial charge in [-0.1, -0.05) is 24.3 Å². The van der Waals surface area contributed by atoms with E-state index in [0.29, 0.717) is 5.92 Å². The van der Waals surface area contributed by atoms with Gasteiger partial charge < -0.3 is 10.2 Å². The Kier molecular flexibility index (Phi) is 5.77. The quantitative estimate of drug-likeness (QED) is 0.720. The van der Waals surface area contributed by atoms with Crippen molar-refractivity contribution in [3.8, 4) is 5.82 Å². The molecule has 0 aliphatic carbocycles. The van der Waals surface area contributed by atoms with Gasteiger partial charge in [0.1, 0.15) is 0 Å². The summed E-state index contributed by atoms with van der Waals surface area (Å²) in [5.74, 6) is 1.57. The van der Waals surface area contributed by atoms with Crippen molar-refractivity contribution in [2.45, 2.75) is 19.4 Å². The van der Waals surface area contributed by atoms with Crippen LogP contribution in [0.1, 0.15) is 28.9 Å². The number of rotatable bonds is 6. The van der Waals surface area contributed by atoms with Crippen molar-refractivity contribution >= 4 is 5.91 Å². The number of aromatic nitrogens is 3. The Hall–Kier alpha value is -2.99. The molecule has 1 N–H and O–H groups in total. The molecule has 6 heteroatoms. The van der Waals surface area contributed by atoms with Crippen molar-refractivity contribution < 1.29 is 4.79 Å². The fourth-order valence-electron chi connectivity index (χ4n) is 3.61. The van der Waals surface area contributed by atoms with E-state index >= 15 is 0 Å². The number of hydrogen-bond donors (Lipinski definition) is 1. The standard InChI is InChI=1S/C22H25N5O/c28-22(19-6-2-1-3-7-19)26-14-10-18(11-15-26)16-23-17-20-8-4-9-21(25-20)27-13-5-12-24-27/h1-9,12-13,18,23H,10-11,14-17H2. The second-order valence-corrected chi connectivity index (χ2v) is 7.17. The largest absolute Gasteiger partial charge is 0.339 e. The number of likely N-dealkylation sites (tertiary alicyclic amines) is 1. The molecule has 1 fully saturated rings. The molecule has 3 aromatic rings. The highest BCUT2D eigenvalue weighted by molar-refractivity contribution is 5.94. The highest BCUT2D eigenvalue weighted by Crippen LogP contribution is 2.18. The molecule has 0 radical (unpaired) electrons. The van der Waals surface area contributed by atoms with Crippen LogP contribution in [0.2, 0.25) is 0 Å². The summed E-state index contributed by atoms with van der Waals surface area (Å²) in [5.41, 5.74) is 1.78.